The van der Waals surface area contributed by atoms with E-state index in [0.29, 0.717) is 6.04 Å². The van der Waals surface area contributed by atoms with Crippen molar-refractivity contribution in [2.75, 3.05) is 20.1 Å². The number of nitrogens with zero attached hydrogens (tertiary/aromatic N) is 1. The zero-order valence-electron chi connectivity index (χ0n) is 10.8. The average Bonchev–Trinajstić information content (AvgIpc) is 2.27. The van der Waals surface area contributed by atoms with Crippen LogP contribution in [-0.2, 0) is 4.79 Å². The summed E-state index contributed by atoms with van der Waals surface area (Å²) >= 11 is 0. The van der Waals surface area contributed by atoms with Crippen LogP contribution in [0.15, 0.2) is 0 Å². The SMILES string of the molecule is CNC(C)(CCN1CCCCC1C)C(N)=O. The van der Waals surface area contributed by atoms with E-state index in [1.807, 2.05) is 6.92 Å². The number of hydrogen-bond donors (Lipinski definition) is 2. The number of carbonyl (C=O) groups excluding carboxylic acids is 1. The van der Waals surface area contributed by atoms with E-state index < -0.39 is 5.54 Å². The molecule has 16 heavy (non-hydrogen) atoms. The maximum atomic E-state index is 11.3. The first-order valence-electron chi connectivity index (χ1n) is 6.22. The Morgan fingerprint density at radius 1 is 1.56 bits per heavy atom. The standard InChI is InChI=1S/C12H25N3O/c1-10-6-4-5-8-15(10)9-7-12(2,14-3)11(13)16/h10,14H,4-9H2,1-3H3,(H2,13,16). The van der Waals surface area contributed by atoms with Gasteiger partial charge >= 0.3 is 0 Å². The molecule has 0 aliphatic carbocycles. The summed E-state index contributed by atoms with van der Waals surface area (Å²) < 4.78 is 0. The fourth-order valence-electron chi connectivity index (χ4n) is 2.23. The Morgan fingerprint density at radius 2 is 2.25 bits per heavy atom. The third-order valence-electron chi connectivity index (χ3n) is 3.94. The summed E-state index contributed by atoms with van der Waals surface area (Å²) in [7, 11) is 1.80. The molecule has 1 rings (SSSR count). The molecular weight excluding hydrogens is 202 g/mol. The van der Waals surface area contributed by atoms with Gasteiger partial charge in [0.2, 0.25) is 5.91 Å². The Kier molecular flexibility index (Phi) is 4.74. The largest absolute Gasteiger partial charge is 0.368 e. The predicted molar refractivity (Wildman–Crippen MR) is 66.2 cm³/mol. The van der Waals surface area contributed by atoms with Crippen molar-refractivity contribution in [3.05, 3.63) is 0 Å². The molecule has 94 valence electrons. The normalized spacial score (nSPS) is 26.3. The fraction of sp³-hybridized carbons (Fsp3) is 0.917. The number of nitrogens with one attached hydrogen (secondary N) is 1. The number of amides is 1. The molecule has 1 aliphatic rings. The van der Waals surface area contributed by atoms with E-state index in [1.54, 1.807) is 7.05 Å². The van der Waals surface area contributed by atoms with Crippen molar-refractivity contribution < 1.29 is 4.79 Å². The third-order valence-corrected chi connectivity index (χ3v) is 3.94. The number of nitrogens with two attached hydrogens (primary N) is 1. The first-order valence-corrected chi connectivity index (χ1v) is 6.22. The minimum absolute atomic E-state index is 0.264. The van der Waals surface area contributed by atoms with E-state index >= 15 is 0 Å². The van der Waals surface area contributed by atoms with E-state index in [1.165, 1.54) is 19.3 Å². The van der Waals surface area contributed by atoms with Crippen molar-refractivity contribution in [1.82, 2.24) is 10.2 Å². The topological polar surface area (TPSA) is 58.4 Å². The summed E-state index contributed by atoms with van der Waals surface area (Å²) in [4.78, 5) is 13.8. The number of piperidine rings is 1. The lowest BCUT2D eigenvalue weighted by atomic mass is 9.95. The molecule has 1 fully saturated rings. The molecule has 1 amide bonds. The summed E-state index contributed by atoms with van der Waals surface area (Å²) in [6, 6.07) is 0.641. The summed E-state index contributed by atoms with van der Waals surface area (Å²) in [6.45, 7) is 6.24. The quantitative estimate of drug-likeness (QED) is 0.727. The molecule has 1 saturated heterocycles. The fourth-order valence-corrected chi connectivity index (χ4v) is 2.23. The van der Waals surface area contributed by atoms with E-state index in [9.17, 15) is 4.79 Å². The molecule has 2 atom stereocenters. The number of carbonyl (C=O) groups is 1. The molecule has 3 N–H and O–H groups in total. The molecule has 4 nitrogen and oxygen atoms in total. The first-order chi connectivity index (χ1) is 7.49. The highest BCUT2D eigenvalue weighted by molar-refractivity contribution is 5.84. The van der Waals surface area contributed by atoms with Gasteiger partial charge in [0.25, 0.3) is 0 Å². The summed E-state index contributed by atoms with van der Waals surface area (Å²) in [5.74, 6) is -0.264. The lowest BCUT2D eigenvalue weighted by Crippen LogP contribution is -2.53. The smallest absolute Gasteiger partial charge is 0.237 e. The third kappa shape index (κ3) is 3.19. The van der Waals surface area contributed by atoms with E-state index in [4.69, 9.17) is 5.73 Å². The van der Waals surface area contributed by atoms with Gasteiger partial charge in [0.1, 0.15) is 0 Å². The van der Waals surface area contributed by atoms with Crippen molar-refractivity contribution in [3.8, 4) is 0 Å². The van der Waals surface area contributed by atoms with Gasteiger partial charge in [-0.05, 0) is 46.7 Å². The van der Waals surface area contributed by atoms with E-state index in [-0.39, 0.29) is 5.91 Å². The molecule has 0 spiro atoms. The highest BCUT2D eigenvalue weighted by atomic mass is 16.1. The van der Waals surface area contributed by atoms with Gasteiger partial charge in [-0.25, -0.2) is 0 Å². The van der Waals surface area contributed by atoms with Crippen LogP contribution in [0.1, 0.15) is 39.5 Å². The summed E-state index contributed by atoms with van der Waals surface area (Å²) in [5.41, 5.74) is 4.84. The highest BCUT2D eigenvalue weighted by Gasteiger charge is 2.30. The maximum Gasteiger partial charge on any atom is 0.237 e. The first kappa shape index (κ1) is 13.5. The molecule has 1 heterocycles. The van der Waals surface area contributed by atoms with E-state index in [2.05, 4.69) is 17.1 Å². The molecule has 1 aliphatic heterocycles. The molecule has 0 aromatic carbocycles. The van der Waals surface area contributed by atoms with Gasteiger partial charge in [-0.15, -0.1) is 0 Å². The van der Waals surface area contributed by atoms with Crippen LogP contribution in [0.3, 0.4) is 0 Å². The highest BCUT2D eigenvalue weighted by Crippen LogP contribution is 2.18. The minimum atomic E-state index is -0.572. The molecule has 0 aromatic heterocycles. The Balaban J connectivity index is 2.45. The van der Waals surface area contributed by atoms with Gasteiger partial charge in [-0.3, -0.25) is 4.79 Å². The molecule has 4 heteroatoms. The van der Waals surface area contributed by atoms with Gasteiger partial charge in [-0.1, -0.05) is 6.42 Å². The molecular formula is C12H25N3O. The van der Waals surface area contributed by atoms with E-state index in [0.717, 1.165) is 19.5 Å². The summed E-state index contributed by atoms with van der Waals surface area (Å²) in [5, 5.41) is 3.03. The molecule has 0 radical (unpaired) electrons. The van der Waals surface area contributed by atoms with Crippen LogP contribution in [0.25, 0.3) is 0 Å². The lowest BCUT2D eigenvalue weighted by Gasteiger charge is -2.36. The summed E-state index contributed by atoms with van der Waals surface area (Å²) in [6.07, 6.45) is 4.66. The minimum Gasteiger partial charge on any atom is -0.368 e. The van der Waals surface area contributed by atoms with Gasteiger partial charge in [0, 0.05) is 12.6 Å². The Bertz CT molecular complexity index is 244. The monoisotopic (exact) mass is 227 g/mol. The molecule has 0 bridgehead atoms. The maximum absolute atomic E-state index is 11.3. The van der Waals surface area contributed by atoms with Gasteiger partial charge in [0.15, 0.2) is 0 Å². The zero-order chi connectivity index (χ0) is 12.2. The average molecular weight is 227 g/mol. The Labute approximate surface area is 98.6 Å². The second-order valence-corrected chi connectivity index (χ2v) is 5.08. The molecule has 0 aromatic rings. The number of primary amides is 1. The van der Waals surface area contributed by atoms with Crippen LogP contribution in [0.4, 0.5) is 0 Å². The van der Waals surface area contributed by atoms with Crippen LogP contribution < -0.4 is 11.1 Å². The number of likely N-dealkylation sites (N-methyl/N-ethyl adjacent to an activating group) is 1. The van der Waals surface area contributed by atoms with Crippen molar-refractivity contribution in [3.63, 3.8) is 0 Å². The van der Waals surface area contributed by atoms with Gasteiger partial charge < -0.3 is 16.0 Å². The van der Waals surface area contributed by atoms with Crippen LogP contribution in [-0.4, -0.2) is 42.5 Å². The lowest BCUT2D eigenvalue weighted by molar-refractivity contribution is -0.124. The second-order valence-electron chi connectivity index (χ2n) is 5.08. The van der Waals surface area contributed by atoms with Crippen LogP contribution in [0.2, 0.25) is 0 Å². The molecule has 0 saturated carbocycles. The zero-order valence-corrected chi connectivity index (χ0v) is 10.8. The number of likely N-dealkylation sites (tertiary alicyclic amines) is 1. The van der Waals surface area contributed by atoms with Crippen molar-refractivity contribution in [2.45, 2.75) is 51.1 Å². The van der Waals surface area contributed by atoms with Crippen molar-refractivity contribution in [2.24, 2.45) is 5.73 Å². The van der Waals surface area contributed by atoms with Crippen LogP contribution in [0, 0.1) is 0 Å². The molecule has 2 unspecified atom stereocenters. The Hall–Kier alpha value is -0.610. The van der Waals surface area contributed by atoms with Crippen molar-refractivity contribution in [1.29, 1.82) is 0 Å². The number of rotatable bonds is 5. The Morgan fingerprint density at radius 3 is 2.75 bits per heavy atom. The van der Waals surface area contributed by atoms with Crippen molar-refractivity contribution >= 4 is 5.91 Å². The van der Waals surface area contributed by atoms with Gasteiger partial charge in [-0.2, -0.15) is 0 Å². The van der Waals surface area contributed by atoms with Crippen LogP contribution in [0.5, 0.6) is 0 Å². The van der Waals surface area contributed by atoms with Crippen LogP contribution >= 0.6 is 0 Å². The second kappa shape index (κ2) is 5.64. The predicted octanol–water partition coefficient (Wildman–Crippen LogP) is 0.714. The number of hydrogen-bond acceptors (Lipinski definition) is 3. The van der Waals surface area contributed by atoms with Gasteiger partial charge in [0.05, 0.1) is 5.54 Å².